The van der Waals surface area contributed by atoms with Crippen LogP contribution in [0.5, 0.6) is 0 Å². The maximum atomic E-state index is 5.24. The Kier molecular flexibility index (Phi) is 5.96. The molecule has 250 valence electrons. The number of rotatable bonds is 3. The lowest BCUT2D eigenvalue weighted by Gasteiger charge is -2.10. The van der Waals surface area contributed by atoms with Gasteiger partial charge in [-0.25, -0.2) is 9.97 Å². The second-order valence-corrected chi connectivity index (χ2v) is 13.9. The quantitative estimate of drug-likeness (QED) is 0.173. The molecule has 0 aliphatic heterocycles. The number of fused-ring (bicyclic) bond motifs is 12. The fraction of sp³-hybridized carbons (Fsp3) is 0. The highest BCUT2D eigenvalue weighted by Gasteiger charge is 2.18. The van der Waals surface area contributed by atoms with E-state index in [2.05, 4.69) is 155 Å². The van der Waals surface area contributed by atoms with Gasteiger partial charge in [-0.15, -0.1) is 0 Å². The molecule has 0 aliphatic carbocycles. The van der Waals surface area contributed by atoms with Crippen molar-refractivity contribution in [1.82, 2.24) is 29.1 Å². The lowest BCUT2D eigenvalue weighted by molar-refractivity contribution is 1.10. The highest BCUT2D eigenvalue weighted by atomic mass is 15.1. The van der Waals surface area contributed by atoms with E-state index in [0.29, 0.717) is 0 Å². The fourth-order valence-electron chi connectivity index (χ4n) is 8.47. The SMILES string of the molecule is c1cnc2c(c1)ccc1ccc(-n3c4ccccc4c4cc(-c5ccc6c(c5)c5ccccc5n6-c5ccc6ccc7cccnc7c6n5)ccc43)nc12. The summed E-state index contributed by atoms with van der Waals surface area (Å²) in [5.74, 6) is 1.75. The normalized spacial score (nSPS) is 12.1. The van der Waals surface area contributed by atoms with Crippen LogP contribution in [0.3, 0.4) is 0 Å². The van der Waals surface area contributed by atoms with E-state index in [1.807, 2.05) is 24.5 Å². The van der Waals surface area contributed by atoms with Gasteiger partial charge in [0, 0.05) is 55.5 Å². The van der Waals surface area contributed by atoms with Crippen molar-refractivity contribution in [2.75, 3.05) is 0 Å². The maximum absolute atomic E-state index is 5.24. The molecule has 12 rings (SSSR count). The fourth-order valence-corrected chi connectivity index (χ4v) is 8.47. The Hall–Kier alpha value is -7.44. The van der Waals surface area contributed by atoms with Crippen molar-refractivity contribution in [2.45, 2.75) is 0 Å². The molecule has 0 saturated carbocycles. The van der Waals surface area contributed by atoms with Crippen LogP contribution >= 0.6 is 0 Å². The van der Waals surface area contributed by atoms with Gasteiger partial charge < -0.3 is 0 Å². The molecule has 6 nitrogen and oxygen atoms in total. The minimum Gasteiger partial charge on any atom is -0.294 e. The zero-order valence-corrected chi connectivity index (χ0v) is 28.8. The monoisotopic (exact) mass is 688 g/mol. The Morgan fingerprint density at radius 2 is 0.722 bits per heavy atom. The molecule has 6 heterocycles. The Bertz CT molecular complexity index is 3290. The molecule has 54 heavy (non-hydrogen) atoms. The first-order valence-electron chi connectivity index (χ1n) is 18.1. The minimum atomic E-state index is 0.875. The van der Waals surface area contributed by atoms with Crippen molar-refractivity contribution in [1.29, 1.82) is 0 Å². The first kappa shape index (κ1) is 29.2. The van der Waals surface area contributed by atoms with Crippen LogP contribution in [0.2, 0.25) is 0 Å². The van der Waals surface area contributed by atoms with E-state index < -0.39 is 0 Å². The number of nitrogens with zero attached hydrogens (tertiary/aromatic N) is 6. The smallest absolute Gasteiger partial charge is 0.138 e. The molecule has 0 amide bonds. The van der Waals surface area contributed by atoms with Crippen molar-refractivity contribution in [3.05, 3.63) is 170 Å². The third-order valence-electron chi connectivity index (χ3n) is 11.0. The third kappa shape index (κ3) is 4.16. The summed E-state index contributed by atoms with van der Waals surface area (Å²) in [5, 5.41) is 9.07. The van der Waals surface area contributed by atoms with Gasteiger partial charge in [0.25, 0.3) is 0 Å². The molecule has 0 radical (unpaired) electrons. The van der Waals surface area contributed by atoms with E-state index in [4.69, 9.17) is 19.9 Å². The zero-order valence-electron chi connectivity index (χ0n) is 28.8. The molecule has 0 atom stereocenters. The van der Waals surface area contributed by atoms with Gasteiger partial charge in [0.05, 0.1) is 44.1 Å². The van der Waals surface area contributed by atoms with Crippen molar-refractivity contribution < 1.29 is 0 Å². The number of aromatic nitrogens is 6. The molecule has 0 unspecified atom stereocenters. The van der Waals surface area contributed by atoms with E-state index in [0.717, 1.165) is 88.4 Å². The van der Waals surface area contributed by atoms with Crippen molar-refractivity contribution in [3.63, 3.8) is 0 Å². The molecule has 0 aliphatic rings. The molecule has 0 bridgehead atoms. The van der Waals surface area contributed by atoms with Gasteiger partial charge in [0.15, 0.2) is 0 Å². The minimum absolute atomic E-state index is 0.875. The van der Waals surface area contributed by atoms with Gasteiger partial charge in [-0.1, -0.05) is 84.9 Å². The molecule has 6 heteroatoms. The lowest BCUT2D eigenvalue weighted by Crippen LogP contribution is -1.98. The second kappa shape index (κ2) is 11.0. The van der Waals surface area contributed by atoms with Crippen molar-refractivity contribution in [2.24, 2.45) is 0 Å². The van der Waals surface area contributed by atoms with E-state index in [9.17, 15) is 0 Å². The molecule has 0 N–H and O–H groups in total. The van der Waals surface area contributed by atoms with Crippen LogP contribution in [0.1, 0.15) is 0 Å². The Labute approximate surface area is 308 Å². The first-order chi connectivity index (χ1) is 26.8. The number of pyridine rings is 4. The number of hydrogen-bond acceptors (Lipinski definition) is 4. The summed E-state index contributed by atoms with van der Waals surface area (Å²) in [7, 11) is 0. The summed E-state index contributed by atoms with van der Waals surface area (Å²) in [6.45, 7) is 0. The first-order valence-corrected chi connectivity index (χ1v) is 18.1. The summed E-state index contributed by atoms with van der Waals surface area (Å²) in [4.78, 5) is 19.9. The number of hydrogen-bond donors (Lipinski definition) is 0. The van der Waals surface area contributed by atoms with E-state index in [1.165, 1.54) is 21.5 Å². The number of benzene rings is 6. The highest BCUT2D eigenvalue weighted by Crippen LogP contribution is 2.38. The Morgan fingerprint density at radius 1 is 0.315 bits per heavy atom. The van der Waals surface area contributed by atoms with Crippen LogP contribution in [-0.2, 0) is 0 Å². The summed E-state index contributed by atoms with van der Waals surface area (Å²) in [6, 6.07) is 56.0. The van der Waals surface area contributed by atoms with Gasteiger partial charge >= 0.3 is 0 Å². The van der Waals surface area contributed by atoms with Gasteiger partial charge in [-0.2, -0.15) is 0 Å². The molecule has 0 spiro atoms. The highest BCUT2D eigenvalue weighted by molar-refractivity contribution is 6.13. The standard InChI is InChI=1S/C48H28N6/c1-3-11-39-35(9-1)37-27-33(17-21-41(37)53(39)43-23-19-31-15-13-29-7-5-25-49-45(29)47(31)51-43)34-18-22-42-38(28-34)36-10-2-4-12-40(36)54(42)44-24-20-32-16-14-30-8-6-26-50-46(30)48(32)52-44/h1-28H. The zero-order chi connectivity index (χ0) is 35.3. The molecule has 0 fully saturated rings. The maximum Gasteiger partial charge on any atom is 0.138 e. The van der Waals surface area contributed by atoms with Crippen molar-refractivity contribution in [3.8, 4) is 22.8 Å². The summed E-state index contributed by atoms with van der Waals surface area (Å²) in [6.07, 6.45) is 3.68. The second-order valence-electron chi connectivity index (χ2n) is 13.9. The van der Waals surface area contributed by atoms with E-state index >= 15 is 0 Å². The topological polar surface area (TPSA) is 61.4 Å². The van der Waals surface area contributed by atoms with E-state index in [-0.39, 0.29) is 0 Å². The molecule has 6 aromatic carbocycles. The predicted molar refractivity (Wildman–Crippen MR) is 222 cm³/mol. The predicted octanol–water partition coefficient (Wildman–Crippen LogP) is 11.7. The molecule has 6 aromatic heterocycles. The van der Waals surface area contributed by atoms with Gasteiger partial charge in [0.1, 0.15) is 11.6 Å². The average molecular weight is 689 g/mol. The number of para-hydroxylation sites is 2. The van der Waals surface area contributed by atoms with Crippen LogP contribution in [0.15, 0.2) is 170 Å². The average Bonchev–Trinajstić information content (AvgIpc) is 3.75. The Morgan fingerprint density at radius 3 is 1.20 bits per heavy atom. The van der Waals surface area contributed by atoms with Crippen LogP contribution < -0.4 is 0 Å². The molecular formula is C48H28N6. The van der Waals surface area contributed by atoms with Gasteiger partial charge in [0.2, 0.25) is 0 Å². The van der Waals surface area contributed by atoms with Gasteiger partial charge in [-0.05, 0) is 83.9 Å². The van der Waals surface area contributed by atoms with Crippen LogP contribution in [0, 0.1) is 0 Å². The largest absolute Gasteiger partial charge is 0.294 e. The molecule has 12 aromatic rings. The molecular weight excluding hydrogens is 661 g/mol. The van der Waals surface area contributed by atoms with Gasteiger partial charge in [-0.3, -0.25) is 19.1 Å². The van der Waals surface area contributed by atoms with Crippen LogP contribution in [0.4, 0.5) is 0 Å². The van der Waals surface area contributed by atoms with E-state index in [1.54, 1.807) is 0 Å². The summed E-state index contributed by atoms with van der Waals surface area (Å²) >= 11 is 0. The van der Waals surface area contributed by atoms with Crippen molar-refractivity contribution >= 4 is 87.2 Å². The third-order valence-corrected chi connectivity index (χ3v) is 11.0. The summed E-state index contributed by atoms with van der Waals surface area (Å²) in [5.41, 5.74) is 10.4. The van der Waals surface area contributed by atoms with Crippen LogP contribution in [-0.4, -0.2) is 29.1 Å². The molecule has 0 saturated heterocycles. The van der Waals surface area contributed by atoms with Crippen LogP contribution in [0.25, 0.3) is 110 Å². The summed E-state index contributed by atoms with van der Waals surface area (Å²) < 4.78 is 4.56. The Balaban J connectivity index is 1.03. The lowest BCUT2D eigenvalue weighted by atomic mass is 10.0.